The number of hydrogen-bond acceptors (Lipinski definition) is 3. The summed E-state index contributed by atoms with van der Waals surface area (Å²) < 4.78 is 3.33. The van der Waals surface area contributed by atoms with Crippen molar-refractivity contribution in [1.82, 2.24) is 19.2 Å². The molecular formula is C26H27ClN4O2. The lowest BCUT2D eigenvalue weighted by atomic mass is 9.92. The maximum Gasteiger partial charge on any atom is 0.291 e. The molecule has 3 heterocycles. The molecule has 2 aromatic heterocycles. The first-order valence-corrected chi connectivity index (χ1v) is 11.8. The van der Waals surface area contributed by atoms with E-state index in [0.717, 1.165) is 41.4 Å². The number of halogens is 1. The Morgan fingerprint density at radius 3 is 2.45 bits per heavy atom. The predicted octanol–water partition coefficient (Wildman–Crippen LogP) is 4.56. The van der Waals surface area contributed by atoms with Crippen LogP contribution in [0.2, 0.25) is 5.02 Å². The number of carbonyl (C=O) groups excluding carboxylic acids is 1. The first kappa shape index (κ1) is 21.7. The molecule has 0 radical (unpaired) electrons. The first-order chi connectivity index (χ1) is 15.9. The minimum absolute atomic E-state index is 0.0450. The topological polar surface area (TPSA) is 60.1 Å². The molecule has 4 aromatic rings. The number of benzene rings is 2. The molecule has 2 unspecified atom stereocenters. The number of aromatic nitrogens is 3. The summed E-state index contributed by atoms with van der Waals surface area (Å²) in [5.74, 6) is 0.876. The van der Waals surface area contributed by atoms with Gasteiger partial charge in [-0.1, -0.05) is 55.8 Å². The van der Waals surface area contributed by atoms with Crippen LogP contribution in [-0.4, -0.2) is 38.2 Å². The van der Waals surface area contributed by atoms with Crippen LogP contribution in [0, 0.1) is 11.8 Å². The Balaban J connectivity index is 1.56. The molecule has 1 amide bonds. The van der Waals surface area contributed by atoms with Gasteiger partial charge < -0.3 is 9.47 Å². The molecule has 170 valence electrons. The molecule has 2 atom stereocenters. The van der Waals surface area contributed by atoms with Crippen LogP contribution in [-0.2, 0) is 17.9 Å². The van der Waals surface area contributed by atoms with E-state index in [9.17, 15) is 9.59 Å². The highest BCUT2D eigenvalue weighted by Crippen LogP contribution is 2.27. The Kier molecular flexibility index (Phi) is 5.71. The number of para-hydroxylation sites is 1. The molecule has 33 heavy (non-hydrogen) atoms. The van der Waals surface area contributed by atoms with Gasteiger partial charge in [0.1, 0.15) is 12.1 Å². The highest BCUT2D eigenvalue weighted by Gasteiger charge is 2.26. The van der Waals surface area contributed by atoms with Crippen LogP contribution in [0.15, 0.2) is 59.5 Å². The van der Waals surface area contributed by atoms with Gasteiger partial charge in [-0.2, -0.15) is 5.10 Å². The van der Waals surface area contributed by atoms with Crippen LogP contribution >= 0.6 is 11.6 Å². The standard InChI is InChI=1S/C26H27ClN4O2/c1-17-11-18(2)14-29(13-17)24(32)16-31-26(33)25-22(12-28-31)21-5-3-4-6-23(21)30(25)15-19-7-9-20(27)10-8-19/h3-10,12,17-18H,11,13-16H2,1-2H3. The van der Waals surface area contributed by atoms with Gasteiger partial charge in [-0.25, -0.2) is 4.68 Å². The number of piperidine rings is 1. The average molecular weight is 463 g/mol. The van der Waals surface area contributed by atoms with E-state index in [2.05, 4.69) is 18.9 Å². The second-order valence-corrected chi connectivity index (χ2v) is 9.78. The highest BCUT2D eigenvalue weighted by molar-refractivity contribution is 6.30. The molecule has 1 aliphatic heterocycles. The van der Waals surface area contributed by atoms with Crippen LogP contribution in [0.1, 0.15) is 25.8 Å². The number of rotatable bonds is 4. The van der Waals surface area contributed by atoms with E-state index in [1.165, 1.54) is 4.68 Å². The van der Waals surface area contributed by atoms with E-state index in [-0.39, 0.29) is 18.0 Å². The van der Waals surface area contributed by atoms with Gasteiger partial charge in [0, 0.05) is 40.9 Å². The average Bonchev–Trinajstić information content (AvgIpc) is 3.11. The zero-order valence-electron chi connectivity index (χ0n) is 18.9. The lowest BCUT2D eigenvalue weighted by molar-refractivity contribution is -0.134. The van der Waals surface area contributed by atoms with Crippen LogP contribution in [0.25, 0.3) is 21.8 Å². The molecule has 0 saturated carbocycles. The Morgan fingerprint density at radius 1 is 1.03 bits per heavy atom. The van der Waals surface area contributed by atoms with Crippen molar-refractivity contribution in [1.29, 1.82) is 0 Å². The van der Waals surface area contributed by atoms with Crippen LogP contribution < -0.4 is 5.56 Å². The summed E-state index contributed by atoms with van der Waals surface area (Å²) in [6, 6.07) is 15.6. The normalized spacial score (nSPS) is 18.8. The lowest BCUT2D eigenvalue weighted by Gasteiger charge is -2.35. The molecule has 1 aliphatic rings. The number of carbonyl (C=O) groups is 1. The zero-order chi connectivity index (χ0) is 23.1. The number of likely N-dealkylation sites (tertiary alicyclic amines) is 1. The molecular weight excluding hydrogens is 436 g/mol. The van der Waals surface area contributed by atoms with E-state index in [1.54, 1.807) is 6.20 Å². The van der Waals surface area contributed by atoms with Crippen LogP contribution in [0.3, 0.4) is 0 Å². The van der Waals surface area contributed by atoms with Gasteiger partial charge >= 0.3 is 0 Å². The maximum atomic E-state index is 13.6. The molecule has 1 fully saturated rings. The summed E-state index contributed by atoms with van der Waals surface area (Å²) in [6.07, 6.45) is 2.84. The van der Waals surface area contributed by atoms with Crippen LogP contribution in [0.5, 0.6) is 0 Å². The minimum Gasteiger partial charge on any atom is -0.341 e. The third-order valence-electron chi connectivity index (χ3n) is 6.53. The summed E-state index contributed by atoms with van der Waals surface area (Å²) >= 11 is 6.06. The molecule has 7 heteroatoms. The number of amides is 1. The highest BCUT2D eigenvalue weighted by atomic mass is 35.5. The summed E-state index contributed by atoms with van der Waals surface area (Å²) in [6.45, 7) is 6.28. The van der Waals surface area contributed by atoms with Gasteiger partial charge in [0.2, 0.25) is 5.91 Å². The first-order valence-electron chi connectivity index (χ1n) is 11.4. The third-order valence-corrected chi connectivity index (χ3v) is 6.79. The van der Waals surface area contributed by atoms with Crippen molar-refractivity contribution in [3.8, 4) is 0 Å². The largest absolute Gasteiger partial charge is 0.341 e. The quantitative estimate of drug-likeness (QED) is 0.446. The summed E-state index contributed by atoms with van der Waals surface area (Å²) in [5, 5.41) is 6.84. The van der Waals surface area contributed by atoms with Crippen molar-refractivity contribution in [3.63, 3.8) is 0 Å². The molecule has 0 bridgehead atoms. The maximum absolute atomic E-state index is 13.6. The summed E-state index contributed by atoms with van der Waals surface area (Å²) in [5.41, 5.74) is 2.32. The van der Waals surface area contributed by atoms with Gasteiger partial charge in [0.25, 0.3) is 5.56 Å². The van der Waals surface area contributed by atoms with Gasteiger partial charge in [-0.3, -0.25) is 9.59 Å². The van der Waals surface area contributed by atoms with E-state index < -0.39 is 0 Å². The molecule has 0 N–H and O–H groups in total. The van der Waals surface area contributed by atoms with Gasteiger partial charge in [-0.15, -0.1) is 0 Å². The van der Waals surface area contributed by atoms with Crippen LogP contribution in [0.4, 0.5) is 0 Å². The van der Waals surface area contributed by atoms with Gasteiger partial charge in [0.15, 0.2) is 0 Å². The number of nitrogens with zero attached hydrogens (tertiary/aromatic N) is 4. The fourth-order valence-corrected chi connectivity index (χ4v) is 5.26. The number of fused-ring (bicyclic) bond motifs is 3. The fourth-order valence-electron chi connectivity index (χ4n) is 5.14. The van der Waals surface area contributed by atoms with Crippen molar-refractivity contribution in [2.45, 2.75) is 33.4 Å². The number of hydrogen-bond donors (Lipinski definition) is 0. The molecule has 0 spiro atoms. The summed E-state index contributed by atoms with van der Waals surface area (Å²) in [7, 11) is 0. The monoisotopic (exact) mass is 462 g/mol. The lowest BCUT2D eigenvalue weighted by Crippen LogP contribution is -2.45. The SMILES string of the molecule is CC1CC(C)CN(C(=O)Cn2ncc3c4ccccc4n(Cc4ccc(Cl)cc4)c3c2=O)C1. The van der Waals surface area contributed by atoms with Crippen molar-refractivity contribution in [2.75, 3.05) is 13.1 Å². The zero-order valence-corrected chi connectivity index (χ0v) is 19.6. The Labute approximate surface area is 197 Å². The molecule has 0 aliphatic carbocycles. The minimum atomic E-state index is -0.246. The molecule has 6 nitrogen and oxygen atoms in total. The van der Waals surface area contributed by atoms with Crippen molar-refractivity contribution < 1.29 is 4.79 Å². The van der Waals surface area contributed by atoms with E-state index in [4.69, 9.17) is 11.6 Å². The van der Waals surface area contributed by atoms with Crippen molar-refractivity contribution in [3.05, 3.63) is 75.7 Å². The smallest absolute Gasteiger partial charge is 0.291 e. The van der Waals surface area contributed by atoms with E-state index in [1.807, 2.05) is 58.0 Å². The van der Waals surface area contributed by atoms with E-state index in [0.29, 0.717) is 28.9 Å². The van der Waals surface area contributed by atoms with Crippen molar-refractivity contribution >= 4 is 39.3 Å². The third kappa shape index (κ3) is 4.15. The predicted molar refractivity (Wildman–Crippen MR) is 132 cm³/mol. The Morgan fingerprint density at radius 2 is 1.73 bits per heavy atom. The Hall–Kier alpha value is -3.12. The second-order valence-electron chi connectivity index (χ2n) is 9.34. The molecule has 5 rings (SSSR count). The van der Waals surface area contributed by atoms with E-state index >= 15 is 0 Å². The summed E-state index contributed by atoms with van der Waals surface area (Å²) in [4.78, 5) is 28.5. The molecule has 1 saturated heterocycles. The van der Waals surface area contributed by atoms with Gasteiger partial charge in [0.05, 0.1) is 6.20 Å². The second kappa shape index (κ2) is 8.67. The Bertz CT molecular complexity index is 1380. The van der Waals surface area contributed by atoms with Gasteiger partial charge in [-0.05, 0) is 42.0 Å². The van der Waals surface area contributed by atoms with Crippen molar-refractivity contribution in [2.24, 2.45) is 11.8 Å². The molecule has 2 aromatic carbocycles. The fraction of sp³-hybridized carbons (Fsp3) is 0.346.